The number of nitrogens with one attached hydrogen (secondary N) is 1. The van der Waals surface area contributed by atoms with Crippen LogP contribution in [0.5, 0.6) is 0 Å². The van der Waals surface area contributed by atoms with E-state index in [4.69, 9.17) is 11.6 Å². The molecule has 3 rings (SSSR count). The van der Waals surface area contributed by atoms with Crippen LogP contribution in [0.2, 0.25) is 5.02 Å². The number of benzene rings is 2. The Balaban J connectivity index is 1.70. The zero-order valence-electron chi connectivity index (χ0n) is 14.6. The Morgan fingerprint density at radius 3 is 2.59 bits per heavy atom. The Kier molecular flexibility index (Phi) is 5.91. The quantitative estimate of drug-likeness (QED) is 0.480. The molecule has 1 heterocycles. The minimum atomic E-state index is -3.44. The van der Waals surface area contributed by atoms with E-state index in [1.807, 2.05) is 23.6 Å². The molecule has 0 amide bonds. The van der Waals surface area contributed by atoms with Crippen molar-refractivity contribution in [2.24, 2.45) is 5.10 Å². The van der Waals surface area contributed by atoms with Crippen molar-refractivity contribution in [3.8, 4) is 11.3 Å². The maximum absolute atomic E-state index is 12.1. The van der Waals surface area contributed by atoms with Crippen LogP contribution in [-0.2, 0) is 10.0 Å². The van der Waals surface area contributed by atoms with E-state index in [9.17, 15) is 8.42 Å². The van der Waals surface area contributed by atoms with Crippen molar-refractivity contribution < 1.29 is 8.42 Å². The SMILES string of the molecule is CN(C)S(=O)(=O)c1ccc(-c2csc(NN=Cc3cccc(Cl)c3)n2)cc1. The number of sulfonamides is 1. The van der Waals surface area contributed by atoms with Gasteiger partial charge in [-0.1, -0.05) is 35.9 Å². The first-order valence-electron chi connectivity index (χ1n) is 7.89. The lowest BCUT2D eigenvalue weighted by atomic mass is 10.2. The fourth-order valence-electron chi connectivity index (χ4n) is 2.22. The van der Waals surface area contributed by atoms with E-state index >= 15 is 0 Å². The zero-order valence-corrected chi connectivity index (χ0v) is 17.0. The Labute approximate surface area is 167 Å². The van der Waals surface area contributed by atoms with E-state index in [1.165, 1.54) is 29.7 Å². The van der Waals surface area contributed by atoms with Gasteiger partial charge in [-0.2, -0.15) is 5.10 Å². The summed E-state index contributed by atoms with van der Waals surface area (Å²) >= 11 is 7.34. The highest BCUT2D eigenvalue weighted by Crippen LogP contribution is 2.26. The Hall–Kier alpha value is -2.26. The molecular weight excluding hydrogens is 404 g/mol. The van der Waals surface area contributed by atoms with Crippen LogP contribution in [0.15, 0.2) is 63.9 Å². The zero-order chi connectivity index (χ0) is 19.4. The topological polar surface area (TPSA) is 74.7 Å². The average molecular weight is 421 g/mol. The number of aromatic nitrogens is 1. The lowest BCUT2D eigenvalue weighted by Gasteiger charge is -2.11. The third kappa shape index (κ3) is 4.72. The largest absolute Gasteiger partial charge is 0.253 e. The number of halogens is 1. The smallest absolute Gasteiger partial charge is 0.242 e. The molecule has 0 fully saturated rings. The third-order valence-corrected chi connectivity index (χ3v) is 6.47. The minimum Gasteiger partial charge on any atom is -0.253 e. The maximum atomic E-state index is 12.1. The van der Waals surface area contributed by atoms with Crippen molar-refractivity contribution in [1.82, 2.24) is 9.29 Å². The molecule has 27 heavy (non-hydrogen) atoms. The van der Waals surface area contributed by atoms with E-state index in [2.05, 4.69) is 15.5 Å². The van der Waals surface area contributed by atoms with Crippen LogP contribution in [0.1, 0.15) is 5.56 Å². The van der Waals surface area contributed by atoms with Gasteiger partial charge in [0, 0.05) is 30.1 Å². The number of nitrogens with zero attached hydrogens (tertiary/aromatic N) is 3. The van der Waals surface area contributed by atoms with Crippen LogP contribution < -0.4 is 5.43 Å². The molecule has 140 valence electrons. The molecule has 0 unspecified atom stereocenters. The molecule has 0 aliphatic carbocycles. The predicted octanol–water partition coefficient (Wildman–Crippen LogP) is 4.16. The fraction of sp³-hybridized carbons (Fsp3) is 0.111. The first kappa shape index (κ1) is 19.5. The van der Waals surface area contributed by atoms with Gasteiger partial charge in [-0.05, 0) is 29.8 Å². The number of thiazole rings is 1. The second-order valence-electron chi connectivity index (χ2n) is 5.77. The molecule has 2 aromatic carbocycles. The van der Waals surface area contributed by atoms with E-state index < -0.39 is 10.0 Å². The van der Waals surface area contributed by atoms with Crippen molar-refractivity contribution in [1.29, 1.82) is 0 Å². The summed E-state index contributed by atoms with van der Waals surface area (Å²) in [5.41, 5.74) is 5.34. The van der Waals surface area contributed by atoms with Crippen molar-refractivity contribution in [2.45, 2.75) is 4.90 Å². The molecule has 0 saturated carbocycles. The van der Waals surface area contributed by atoms with Crippen LogP contribution in [0, 0.1) is 0 Å². The number of anilines is 1. The Morgan fingerprint density at radius 2 is 1.93 bits per heavy atom. The number of rotatable bonds is 6. The van der Waals surface area contributed by atoms with Gasteiger partial charge in [-0.3, -0.25) is 5.43 Å². The van der Waals surface area contributed by atoms with Crippen LogP contribution in [0.3, 0.4) is 0 Å². The monoisotopic (exact) mass is 420 g/mol. The molecule has 0 bridgehead atoms. The molecule has 0 spiro atoms. The summed E-state index contributed by atoms with van der Waals surface area (Å²) in [6.45, 7) is 0. The average Bonchev–Trinajstić information content (AvgIpc) is 3.11. The van der Waals surface area contributed by atoms with Crippen LogP contribution in [-0.4, -0.2) is 38.0 Å². The standard InChI is InChI=1S/C18H17ClN4O2S2/c1-23(2)27(24,25)16-8-6-14(7-9-16)17-12-26-18(21-17)22-20-11-13-4-3-5-15(19)10-13/h3-12H,1-2H3,(H,21,22). The second kappa shape index (κ2) is 8.18. The molecule has 1 aromatic heterocycles. The normalized spacial score (nSPS) is 12.0. The minimum absolute atomic E-state index is 0.246. The second-order valence-corrected chi connectivity index (χ2v) is 9.22. The first-order valence-corrected chi connectivity index (χ1v) is 10.6. The van der Waals surface area contributed by atoms with E-state index in [0.717, 1.165) is 16.8 Å². The van der Waals surface area contributed by atoms with Gasteiger partial charge >= 0.3 is 0 Å². The van der Waals surface area contributed by atoms with Crippen molar-refractivity contribution in [3.63, 3.8) is 0 Å². The molecule has 9 heteroatoms. The number of hydrogen-bond donors (Lipinski definition) is 1. The highest BCUT2D eigenvalue weighted by molar-refractivity contribution is 7.89. The number of hydrazone groups is 1. The van der Waals surface area contributed by atoms with E-state index in [-0.39, 0.29) is 4.90 Å². The highest BCUT2D eigenvalue weighted by Gasteiger charge is 2.17. The van der Waals surface area contributed by atoms with Crippen molar-refractivity contribution >= 4 is 44.3 Å². The molecule has 1 N–H and O–H groups in total. The molecule has 0 atom stereocenters. The van der Waals surface area contributed by atoms with Crippen LogP contribution >= 0.6 is 22.9 Å². The van der Waals surface area contributed by atoms with Gasteiger partial charge in [0.05, 0.1) is 16.8 Å². The van der Waals surface area contributed by atoms with E-state index in [0.29, 0.717) is 10.2 Å². The van der Waals surface area contributed by atoms with Crippen LogP contribution in [0.25, 0.3) is 11.3 Å². The lowest BCUT2D eigenvalue weighted by Crippen LogP contribution is -2.22. The molecule has 0 radical (unpaired) electrons. The summed E-state index contributed by atoms with van der Waals surface area (Å²) in [6.07, 6.45) is 1.66. The molecule has 0 aliphatic rings. The summed E-state index contributed by atoms with van der Waals surface area (Å²) in [5.74, 6) is 0. The van der Waals surface area contributed by atoms with Crippen molar-refractivity contribution in [2.75, 3.05) is 19.5 Å². The summed E-state index contributed by atoms with van der Waals surface area (Å²) in [7, 11) is -0.426. The first-order chi connectivity index (χ1) is 12.9. The van der Waals surface area contributed by atoms with Gasteiger partial charge in [0.25, 0.3) is 0 Å². The maximum Gasteiger partial charge on any atom is 0.242 e. The summed E-state index contributed by atoms with van der Waals surface area (Å²) in [6, 6.07) is 14.0. The molecule has 0 aliphatic heterocycles. The van der Waals surface area contributed by atoms with Gasteiger partial charge in [0.1, 0.15) is 0 Å². The fourth-order valence-corrected chi connectivity index (χ4v) is 3.98. The lowest BCUT2D eigenvalue weighted by molar-refractivity contribution is 0.521. The van der Waals surface area contributed by atoms with Gasteiger partial charge in [-0.15, -0.1) is 11.3 Å². The highest BCUT2D eigenvalue weighted by atomic mass is 35.5. The molecule has 0 saturated heterocycles. The summed E-state index contributed by atoms with van der Waals surface area (Å²) in [5, 5.41) is 7.32. The molecular formula is C18H17ClN4O2S2. The van der Waals surface area contributed by atoms with Gasteiger partial charge in [0.15, 0.2) is 0 Å². The summed E-state index contributed by atoms with van der Waals surface area (Å²) in [4.78, 5) is 4.71. The third-order valence-electron chi connectivity index (χ3n) is 3.66. The van der Waals surface area contributed by atoms with E-state index in [1.54, 1.807) is 36.5 Å². The van der Waals surface area contributed by atoms with Gasteiger partial charge in [-0.25, -0.2) is 17.7 Å². The van der Waals surface area contributed by atoms with Crippen molar-refractivity contribution in [3.05, 3.63) is 64.5 Å². The molecule has 3 aromatic rings. The summed E-state index contributed by atoms with van der Waals surface area (Å²) < 4.78 is 25.4. The Bertz CT molecular complexity index is 1060. The van der Waals surface area contributed by atoms with Gasteiger partial charge < -0.3 is 0 Å². The number of hydrogen-bond acceptors (Lipinski definition) is 6. The Morgan fingerprint density at radius 1 is 1.19 bits per heavy atom. The predicted molar refractivity (Wildman–Crippen MR) is 111 cm³/mol. The molecule has 6 nitrogen and oxygen atoms in total. The van der Waals surface area contributed by atoms with Gasteiger partial charge in [0.2, 0.25) is 15.2 Å². The van der Waals surface area contributed by atoms with Crippen LogP contribution in [0.4, 0.5) is 5.13 Å².